The Morgan fingerprint density at radius 1 is 1.47 bits per heavy atom. The summed E-state index contributed by atoms with van der Waals surface area (Å²) in [5, 5.41) is 3.50. The molecule has 17 heavy (non-hydrogen) atoms. The molecule has 5 heteroatoms. The quantitative estimate of drug-likeness (QED) is 0.857. The smallest absolute Gasteiger partial charge is 0.252 e. The number of amidine groups is 1. The number of thioether (sulfide) groups is 1. The molecule has 0 aliphatic carbocycles. The van der Waals surface area contributed by atoms with E-state index in [9.17, 15) is 4.79 Å². The number of carbonyl (C=O) groups excluding carboxylic acids is 1. The van der Waals surface area contributed by atoms with E-state index in [2.05, 4.69) is 10.3 Å². The predicted octanol–water partition coefficient (Wildman–Crippen LogP) is 2.74. The lowest BCUT2D eigenvalue weighted by Crippen LogP contribution is -2.34. The number of hydrogen-bond donors (Lipinski definition) is 1. The number of rotatable bonds is 3. The van der Waals surface area contributed by atoms with E-state index < -0.39 is 5.54 Å². The molecule has 3 nitrogen and oxygen atoms in total. The predicted molar refractivity (Wildman–Crippen MR) is 71.8 cm³/mol. The van der Waals surface area contributed by atoms with Gasteiger partial charge in [-0.1, -0.05) is 17.7 Å². The largest absolute Gasteiger partial charge is 0.312 e. The molecule has 0 saturated carbocycles. The van der Waals surface area contributed by atoms with Gasteiger partial charge in [-0.25, -0.2) is 0 Å². The van der Waals surface area contributed by atoms with Gasteiger partial charge in [0.15, 0.2) is 0 Å². The van der Waals surface area contributed by atoms with Crippen molar-refractivity contribution in [1.82, 2.24) is 5.32 Å². The second-order valence-electron chi connectivity index (χ2n) is 4.32. The summed E-state index contributed by atoms with van der Waals surface area (Å²) in [4.78, 5) is 16.9. The maximum absolute atomic E-state index is 11.5. The first-order valence-corrected chi connectivity index (χ1v) is 6.62. The van der Waals surface area contributed by atoms with Crippen LogP contribution in [0.2, 0.25) is 5.02 Å². The minimum Gasteiger partial charge on any atom is -0.312 e. The Labute approximate surface area is 110 Å². The fourth-order valence-electron chi connectivity index (χ4n) is 1.48. The molecule has 1 aromatic carbocycles. The zero-order valence-corrected chi connectivity index (χ0v) is 11.2. The molecule has 0 bridgehead atoms. The van der Waals surface area contributed by atoms with Crippen molar-refractivity contribution < 1.29 is 4.79 Å². The number of amides is 1. The van der Waals surface area contributed by atoms with Gasteiger partial charge in [0.1, 0.15) is 11.4 Å². The lowest BCUT2D eigenvalue weighted by molar-refractivity contribution is -0.122. The number of halogens is 1. The van der Waals surface area contributed by atoms with Crippen molar-refractivity contribution in [2.45, 2.75) is 24.3 Å². The average molecular weight is 269 g/mol. The molecule has 1 N–H and O–H groups in total. The van der Waals surface area contributed by atoms with Gasteiger partial charge < -0.3 is 5.32 Å². The van der Waals surface area contributed by atoms with Crippen LogP contribution >= 0.6 is 23.4 Å². The highest BCUT2D eigenvalue weighted by atomic mass is 35.5. The lowest BCUT2D eigenvalue weighted by atomic mass is 10.1. The summed E-state index contributed by atoms with van der Waals surface area (Å²) < 4.78 is 0. The average Bonchev–Trinajstić information content (AvgIpc) is 2.50. The van der Waals surface area contributed by atoms with Crippen LogP contribution in [0, 0.1) is 0 Å². The molecular formula is C12H13ClN2OS. The monoisotopic (exact) mass is 268 g/mol. The normalized spacial score (nSPS) is 17.8. The minimum absolute atomic E-state index is 0.0424. The van der Waals surface area contributed by atoms with Crippen molar-refractivity contribution in [1.29, 1.82) is 0 Å². The number of carbonyl (C=O) groups is 1. The van der Waals surface area contributed by atoms with Gasteiger partial charge in [-0.05, 0) is 32.0 Å². The highest BCUT2D eigenvalue weighted by Crippen LogP contribution is 2.23. The Morgan fingerprint density at radius 2 is 2.24 bits per heavy atom. The van der Waals surface area contributed by atoms with Crippen molar-refractivity contribution >= 4 is 35.1 Å². The van der Waals surface area contributed by atoms with Crippen molar-refractivity contribution in [3.8, 4) is 0 Å². The first-order valence-electron chi connectivity index (χ1n) is 5.26. The van der Waals surface area contributed by atoms with E-state index >= 15 is 0 Å². The van der Waals surface area contributed by atoms with Gasteiger partial charge in [-0.2, -0.15) is 0 Å². The van der Waals surface area contributed by atoms with Gasteiger partial charge >= 0.3 is 0 Å². The molecule has 0 unspecified atom stereocenters. The molecule has 0 radical (unpaired) electrons. The molecule has 0 aromatic heterocycles. The number of nitrogens with one attached hydrogen (secondary N) is 1. The first kappa shape index (κ1) is 12.5. The zero-order chi connectivity index (χ0) is 12.5. The number of benzene rings is 1. The summed E-state index contributed by atoms with van der Waals surface area (Å²) >= 11 is 7.50. The first-order chi connectivity index (χ1) is 7.97. The Bertz CT molecular complexity index is 485. The van der Waals surface area contributed by atoms with Gasteiger partial charge in [0, 0.05) is 9.92 Å². The van der Waals surface area contributed by atoms with Crippen LogP contribution in [0.4, 0.5) is 0 Å². The Morgan fingerprint density at radius 3 is 2.82 bits per heavy atom. The van der Waals surface area contributed by atoms with Crippen LogP contribution in [0.1, 0.15) is 13.8 Å². The SMILES string of the molecule is CC1(C)N=C(CSc2cccc(Cl)c2)NC1=O. The minimum atomic E-state index is -0.635. The maximum atomic E-state index is 11.5. The second kappa shape index (κ2) is 4.70. The van der Waals surface area contributed by atoms with E-state index in [0.29, 0.717) is 10.8 Å². The van der Waals surface area contributed by atoms with Gasteiger partial charge in [0.25, 0.3) is 5.91 Å². The summed E-state index contributed by atoms with van der Waals surface area (Å²) in [6, 6.07) is 7.63. The fourth-order valence-corrected chi connectivity index (χ4v) is 2.56. The van der Waals surface area contributed by atoms with E-state index in [1.165, 1.54) is 0 Å². The van der Waals surface area contributed by atoms with Crippen LogP contribution in [-0.4, -0.2) is 23.0 Å². The van der Waals surface area contributed by atoms with Crippen LogP contribution in [0.3, 0.4) is 0 Å². The summed E-state index contributed by atoms with van der Waals surface area (Å²) in [5.74, 6) is 1.33. The van der Waals surface area contributed by atoms with Gasteiger partial charge in [-0.3, -0.25) is 9.79 Å². The van der Waals surface area contributed by atoms with Crippen LogP contribution in [-0.2, 0) is 4.79 Å². The molecule has 1 aliphatic heterocycles. The maximum Gasteiger partial charge on any atom is 0.252 e. The Hall–Kier alpha value is -1.00. The standard InChI is InChI=1S/C12H13ClN2OS/c1-12(2)11(16)14-10(15-12)7-17-9-5-3-4-8(13)6-9/h3-6H,7H2,1-2H3,(H,14,15,16). The van der Waals surface area contributed by atoms with E-state index in [-0.39, 0.29) is 5.91 Å². The molecule has 1 heterocycles. The summed E-state index contributed by atoms with van der Waals surface area (Å²) in [6.07, 6.45) is 0. The number of aliphatic imine (C=N–C) groups is 1. The highest BCUT2D eigenvalue weighted by Gasteiger charge is 2.33. The summed E-state index contributed by atoms with van der Waals surface area (Å²) in [7, 11) is 0. The third-order valence-corrected chi connectivity index (χ3v) is 3.64. The molecule has 0 spiro atoms. The zero-order valence-electron chi connectivity index (χ0n) is 9.66. The van der Waals surface area contributed by atoms with Gasteiger partial charge in [0.2, 0.25) is 0 Å². The molecule has 90 valence electrons. The number of nitrogens with zero attached hydrogens (tertiary/aromatic N) is 1. The molecule has 0 saturated heterocycles. The van der Waals surface area contributed by atoms with Crippen molar-refractivity contribution in [3.63, 3.8) is 0 Å². The van der Waals surface area contributed by atoms with Crippen LogP contribution in [0.25, 0.3) is 0 Å². The van der Waals surface area contributed by atoms with E-state index in [1.54, 1.807) is 25.6 Å². The highest BCUT2D eigenvalue weighted by molar-refractivity contribution is 8.00. The van der Waals surface area contributed by atoms with Gasteiger partial charge in [0.05, 0.1) is 5.75 Å². The Balaban J connectivity index is 1.98. The lowest BCUT2D eigenvalue weighted by Gasteiger charge is -2.07. The third-order valence-electron chi connectivity index (χ3n) is 2.40. The molecule has 0 atom stereocenters. The molecule has 0 fully saturated rings. The summed E-state index contributed by atoms with van der Waals surface area (Å²) in [6.45, 7) is 3.61. The third kappa shape index (κ3) is 3.01. The second-order valence-corrected chi connectivity index (χ2v) is 5.80. The molecule has 1 amide bonds. The topological polar surface area (TPSA) is 41.5 Å². The summed E-state index contributed by atoms with van der Waals surface area (Å²) in [5.41, 5.74) is -0.635. The van der Waals surface area contributed by atoms with Gasteiger partial charge in [-0.15, -0.1) is 11.8 Å². The van der Waals surface area contributed by atoms with Crippen molar-refractivity contribution in [2.24, 2.45) is 4.99 Å². The van der Waals surface area contributed by atoms with Crippen molar-refractivity contribution in [2.75, 3.05) is 5.75 Å². The van der Waals surface area contributed by atoms with Crippen LogP contribution in [0.15, 0.2) is 34.2 Å². The van der Waals surface area contributed by atoms with Crippen molar-refractivity contribution in [3.05, 3.63) is 29.3 Å². The van der Waals surface area contributed by atoms with E-state index in [0.717, 1.165) is 10.7 Å². The van der Waals surface area contributed by atoms with Crippen LogP contribution in [0.5, 0.6) is 0 Å². The van der Waals surface area contributed by atoms with E-state index in [1.807, 2.05) is 24.3 Å². The molecular weight excluding hydrogens is 256 g/mol. The Kier molecular flexibility index (Phi) is 3.45. The van der Waals surface area contributed by atoms with E-state index in [4.69, 9.17) is 11.6 Å². The molecule has 1 aromatic rings. The molecule has 2 rings (SSSR count). The van der Waals surface area contributed by atoms with Crippen LogP contribution < -0.4 is 5.32 Å². The fraction of sp³-hybridized carbons (Fsp3) is 0.333. The number of hydrogen-bond acceptors (Lipinski definition) is 3. The molecule has 1 aliphatic rings.